The molecule has 174 valence electrons. The molecule has 1 aromatic heterocycles. The smallest absolute Gasteiger partial charge is 0.265 e. The topological polar surface area (TPSA) is 96.9 Å². The largest absolute Gasteiger partial charge is 0.497 e. The molecule has 1 aliphatic heterocycles. The zero-order valence-electron chi connectivity index (χ0n) is 18.9. The molecule has 9 nitrogen and oxygen atoms in total. The second kappa shape index (κ2) is 9.63. The van der Waals surface area contributed by atoms with Crippen molar-refractivity contribution in [1.82, 2.24) is 15.1 Å². The summed E-state index contributed by atoms with van der Waals surface area (Å²) in [5, 5.41) is 8.74. The predicted molar refractivity (Wildman–Crippen MR) is 128 cm³/mol. The van der Waals surface area contributed by atoms with Gasteiger partial charge in [0, 0.05) is 43.5 Å². The van der Waals surface area contributed by atoms with E-state index in [2.05, 4.69) is 31.8 Å². The summed E-state index contributed by atoms with van der Waals surface area (Å²) in [6, 6.07) is 15.5. The summed E-state index contributed by atoms with van der Waals surface area (Å²) < 4.78 is 38.8. The van der Waals surface area contributed by atoms with Gasteiger partial charge in [0.05, 0.1) is 19.9 Å². The molecule has 0 spiro atoms. The van der Waals surface area contributed by atoms with Crippen LogP contribution in [0.2, 0.25) is 0 Å². The van der Waals surface area contributed by atoms with Crippen molar-refractivity contribution in [2.24, 2.45) is 0 Å². The molecule has 0 amide bonds. The Hall–Kier alpha value is -3.37. The third-order valence-corrected chi connectivity index (χ3v) is 6.97. The maximum absolute atomic E-state index is 12.9. The number of methoxy groups -OCH3 is 2. The Kier molecular flexibility index (Phi) is 6.66. The van der Waals surface area contributed by atoms with Crippen LogP contribution in [0.3, 0.4) is 0 Å². The van der Waals surface area contributed by atoms with E-state index in [0.717, 1.165) is 43.3 Å². The number of hydrogen-bond acceptors (Lipinski definition) is 8. The number of benzene rings is 2. The van der Waals surface area contributed by atoms with E-state index in [9.17, 15) is 8.42 Å². The fourth-order valence-corrected chi connectivity index (χ4v) is 4.84. The Labute approximate surface area is 194 Å². The van der Waals surface area contributed by atoms with E-state index < -0.39 is 10.0 Å². The van der Waals surface area contributed by atoms with E-state index in [4.69, 9.17) is 9.47 Å². The van der Waals surface area contributed by atoms with Gasteiger partial charge < -0.3 is 19.3 Å². The first-order valence-electron chi connectivity index (χ1n) is 10.5. The number of sulfonamides is 1. The van der Waals surface area contributed by atoms with Crippen molar-refractivity contribution in [2.75, 3.05) is 57.1 Å². The summed E-state index contributed by atoms with van der Waals surface area (Å²) in [5.74, 6) is 1.52. The van der Waals surface area contributed by atoms with E-state index in [1.165, 1.54) is 20.3 Å². The first-order valence-corrected chi connectivity index (χ1v) is 12.0. The number of aromatic nitrogens is 2. The van der Waals surface area contributed by atoms with Gasteiger partial charge in [-0.05, 0) is 43.4 Å². The second-order valence-corrected chi connectivity index (χ2v) is 9.42. The van der Waals surface area contributed by atoms with Crippen LogP contribution in [0, 0.1) is 0 Å². The van der Waals surface area contributed by atoms with Crippen LogP contribution in [0.25, 0.3) is 11.3 Å². The van der Waals surface area contributed by atoms with Gasteiger partial charge in [-0.1, -0.05) is 12.1 Å². The molecule has 1 N–H and O–H groups in total. The van der Waals surface area contributed by atoms with Crippen LogP contribution < -0.4 is 19.1 Å². The molecule has 2 aromatic carbocycles. The van der Waals surface area contributed by atoms with Crippen LogP contribution in [0.5, 0.6) is 11.5 Å². The number of rotatable bonds is 7. The SMILES string of the molecule is COc1ccc(OC)c(S(=O)(=O)Nc2ccc(-c3ccc(N4CCN(C)CC4)nn3)cc2)c1. The zero-order valence-corrected chi connectivity index (χ0v) is 19.7. The monoisotopic (exact) mass is 469 g/mol. The number of likely N-dealkylation sites (N-methyl/N-ethyl adjacent to an activating group) is 1. The summed E-state index contributed by atoms with van der Waals surface area (Å²) in [7, 11) is 1.13. The van der Waals surface area contributed by atoms with Crippen molar-refractivity contribution in [3.05, 3.63) is 54.6 Å². The molecule has 0 aliphatic carbocycles. The van der Waals surface area contributed by atoms with Crippen molar-refractivity contribution in [2.45, 2.75) is 4.90 Å². The van der Waals surface area contributed by atoms with Crippen molar-refractivity contribution < 1.29 is 17.9 Å². The second-order valence-electron chi connectivity index (χ2n) is 7.77. The molecule has 4 rings (SSSR count). The molecule has 0 unspecified atom stereocenters. The zero-order chi connectivity index (χ0) is 23.4. The average Bonchev–Trinajstić information content (AvgIpc) is 2.84. The van der Waals surface area contributed by atoms with Crippen LogP contribution in [0.15, 0.2) is 59.5 Å². The summed E-state index contributed by atoms with van der Waals surface area (Å²) in [4.78, 5) is 4.51. The maximum Gasteiger partial charge on any atom is 0.265 e. The minimum Gasteiger partial charge on any atom is -0.497 e. The molecule has 2 heterocycles. The van der Waals surface area contributed by atoms with Gasteiger partial charge in [-0.3, -0.25) is 4.72 Å². The molecule has 0 saturated carbocycles. The minimum absolute atomic E-state index is 0.00112. The number of anilines is 2. The highest BCUT2D eigenvalue weighted by atomic mass is 32.2. The standard InChI is InChI=1S/C23H27N5O4S/c1-27-12-14-28(15-13-27)23-11-9-20(24-25-23)17-4-6-18(7-5-17)26-33(29,30)22-16-19(31-2)8-10-21(22)32-3/h4-11,16,26H,12-15H2,1-3H3. The molecule has 33 heavy (non-hydrogen) atoms. The number of hydrogen-bond donors (Lipinski definition) is 1. The lowest BCUT2D eigenvalue weighted by molar-refractivity contribution is 0.312. The van der Waals surface area contributed by atoms with Gasteiger partial charge in [0.15, 0.2) is 5.82 Å². The number of nitrogens with one attached hydrogen (secondary N) is 1. The van der Waals surface area contributed by atoms with Crippen molar-refractivity contribution in [1.29, 1.82) is 0 Å². The van der Waals surface area contributed by atoms with Gasteiger partial charge in [0.1, 0.15) is 16.4 Å². The number of piperazine rings is 1. The maximum atomic E-state index is 12.9. The molecule has 3 aromatic rings. The molecule has 0 atom stereocenters. The molecule has 1 saturated heterocycles. The van der Waals surface area contributed by atoms with E-state index in [-0.39, 0.29) is 10.6 Å². The van der Waals surface area contributed by atoms with E-state index in [1.54, 1.807) is 36.4 Å². The molecule has 1 aliphatic rings. The Morgan fingerprint density at radius 3 is 2.21 bits per heavy atom. The van der Waals surface area contributed by atoms with Gasteiger partial charge in [-0.25, -0.2) is 8.42 Å². The lowest BCUT2D eigenvalue weighted by atomic mass is 10.1. The highest BCUT2D eigenvalue weighted by Gasteiger charge is 2.21. The molecule has 0 radical (unpaired) electrons. The summed E-state index contributed by atoms with van der Waals surface area (Å²) in [6.45, 7) is 3.86. The Morgan fingerprint density at radius 2 is 1.61 bits per heavy atom. The van der Waals surface area contributed by atoms with Crippen LogP contribution in [-0.2, 0) is 10.0 Å². The normalized spacial score (nSPS) is 14.7. The lowest BCUT2D eigenvalue weighted by Crippen LogP contribution is -2.44. The van der Waals surface area contributed by atoms with Gasteiger partial charge in [-0.15, -0.1) is 10.2 Å². The van der Waals surface area contributed by atoms with Gasteiger partial charge in [0.2, 0.25) is 0 Å². The first kappa shape index (κ1) is 22.8. The van der Waals surface area contributed by atoms with Crippen LogP contribution >= 0.6 is 0 Å². The molecular formula is C23H27N5O4S. The third kappa shape index (κ3) is 5.18. The fourth-order valence-electron chi connectivity index (χ4n) is 3.60. The van der Waals surface area contributed by atoms with E-state index in [1.807, 2.05) is 12.1 Å². The lowest BCUT2D eigenvalue weighted by Gasteiger charge is -2.32. The summed E-state index contributed by atoms with van der Waals surface area (Å²) in [5.41, 5.74) is 1.98. The minimum atomic E-state index is -3.88. The predicted octanol–water partition coefficient (Wildman–Crippen LogP) is 2.71. The van der Waals surface area contributed by atoms with Crippen molar-refractivity contribution >= 4 is 21.5 Å². The van der Waals surface area contributed by atoms with Gasteiger partial charge >= 0.3 is 0 Å². The Balaban J connectivity index is 1.48. The number of ether oxygens (including phenoxy) is 2. The average molecular weight is 470 g/mol. The highest BCUT2D eigenvalue weighted by molar-refractivity contribution is 7.92. The Morgan fingerprint density at radius 1 is 0.879 bits per heavy atom. The molecule has 1 fully saturated rings. The Bertz CT molecular complexity index is 1190. The quantitative estimate of drug-likeness (QED) is 0.564. The van der Waals surface area contributed by atoms with Gasteiger partial charge in [-0.2, -0.15) is 0 Å². The molecule has 0 bridgehead atoms. The highest BCUT2D eigenvalue weighted by Crippen LogP contribution is 2.30. The van der Waals surface area contributed by atoms with E-state index >= 15 is 0 Å². The fraction of sp³-hybridized carbons (Fsp3) is 0.304. The number of nitrogens with zero attached hydrogens (tertiary/aromatic N) is 4. The van der Waals surface area contributed by atoms with Crippen LogP contribution in [0.4, 0.5) is 11.5 Å². The van der Waals surface area contributed by atoms with Gasteiger partial charge in [0.25, 0.3) is 10.0 Å². The van der Waals surface area contributed by atoms with Crippen LogP contribution in [-0.4, -0.2) is 71.0 Å². The van der Waals surface area contributed by atoms with E-state index in [0.29, 0.717) is 11.4 Å². The molecule has 10 heteroatoms. The van der Waals surface area contributed by atoms with Crippen molar-refractivity contribution in [3.63, 3.8) is 0 Å². The summed E-state index contributed by atoms with van der Waals surface area (Å²) >= 11 is 0. The van der Waals surface area contributed by atoms with Crippen molar-refractivity contribution in [3.8, 4) is 22.8 Å². The molecular weight excluding hydrogens is 442 g/mol. The van der Waals surface area contributed by atoms with Crippen LogP contribution in [0.1, 0.15) is 0 Å². The first-order chi connectivity index (χ1) is 15.9. The third-order valence-electron chi connectivity index (χ3n) is 5.57. The summed E-state index contributed by atoms with van der Waals surface area (Å²) in [6.07, 6.45) is 0.